The molecule has 3 aliphatic rings. The molecule has 0 radical (unpaired) electrons. The third kappa shape index (κ3) is 5.20. The minimum absolute atomic E-state index is 0.690. The van der Waals surface area contributed by atoms with Gasteiger partial charge in [-0.15, -0.1) is 0 Å². The van der Waals surface area contributed by atoms with Crippen LogP contribution >= 0.6 is 11.6 Å². The largest absolute Gasteiger partial charge is 0.379 e. The first-order chi connectivity index (χ1) is 18.2. The highest BCUT2D eigenvalue weighted by molar-refractivity contribution is 6.30. The topological polar surface area (TPSA) is 67.6 Å². The first kappa shape index (κ1) is 23.6. The van der Waals surface area contributed by atoms with Crippen LogP contribution in [0.4, 0.5) is 11.4 Å². The number of nitrogens with one attached hydrogen (secondary N) is 1. The molecule has 8 heteroatoms. The Kier molecular flexibility index (Phi) is 6.82. The molecule has 1 fully saturated rings. The summed E-state index contributed by atoms with van der Waals surface area (Å²) in [6, 6.07) is 24.2. The van der Waals surface area contributed by atoms with E-state index in [1.165, 1.54) is 0 Å². The molecule has 0 amide bonds. The van der Waals surface area contributed by atoms with Gasteiger partial charge in [-0.05, 0) is 60.7 Å². The number of fused-ring (bicyclic) bond motifs is 2. The molecule has 1 aromatic heterocycles. The fraction of sp³-hybridized carbons (Fsp3) is 0.207. The molecule has 3 aromatic rings. The van der Waals surface area contributed by atoms with Gasteiger partial charge in [-0.2, -0.15) is 0 Å². The van der Waals surface area contributed by atoms with Crippen LogP contribution < -0.4 is 10.7 Å². The number of nitrogens with zero attached hydrogens (tertiary/aromatic N) is 5. The minimum Gasteiger partial charge on any atom is -0.379 e. The highest BCUT2D eigenvalue weighted by atomic mass is 35.5. The lowest BCUT2D eigenvalue weighted by molar-refractivity contribution is 0.0394. The number of rotatable bonds is 6. The van der Waals surface area contributed by atoms with Crippen molar-refractivity contribution in [2.45, 2.75) is 0 Å². The second-order valence-electron chi connectivity index (χ2n) is 8.97. The fourth-order valence-corrected chi connectivity index (χ4v) is 4.80. The monoisotopic (exact) mass is 510 g/mol. The maximum Gasteiger partial charge on any atom is 0.0900 e. The molecule has 186 valence electrons. The summed E-state index contributed by atoms with van der Waals surface area (Å²) in [5.41, 5.74) is 6.58. The second-order valence-corrected chi connectivity index (χ2v) is 9.41. The summed E-state index contributed by atoms with van der Waals surface area (Å²) in [7, 11) is 0. The van der Waals surface area contributed by atoms with Crippen LogP contribution in [0.1, 0.15) is 0 Å². The predicted octanol–water partition coefficient (Wildman–Crippen LogP) is 5.16. The summed E-state index contributed by atoms with van der Waals surface area (Å²) in [5, 5.41) is 5.09. The SMILES string of the molecule is Clc1ccc(-n2c3cc(=NCCN4CCOCC4)c(Nc4cccnc4)cc-3nc3ccccc32)cc1. The molecular weight excluding hydrogens is 484 g/mol. The molecular formula is C29H27ClN6O. The lowest BCUT2D eigenvalue weighted by atomic mass is 10.1. The van der Waals surface area contributed by atoms with E-state index in [1.807, 2.05) is 60.8 Å². The van der Waals surface area contributed by atoms with E-state index in [2.05, 4.69) is 38.0 Å². The number of benzene rings is 3. The molecule has 0 spiro atoms. The van der Waals surface area contributed by atoms with Crippen LogP contribution in [0.3, 0.4) is 0 Å². The van der Waals surface area contributed by atoms with Crippen LogP contribution in [0.15, 0.2) is 90.2 Å². The number of halogens is 1. The van der Waals surface area contributed by atoms with E-state index < -0.39 is 0 Å². The van der Waals surface area contributed by atoms with Gasteiger partial charge in [0.05, 0.1) is 65.1 Å². The van der Waals surface area contributed by atoms with Gasteiger partial charge in [0.1, 0.15) is 0 Å². The Bertz CT molecular complexity index is 1550. The van der Waals surface area contributed by atoms with E-state index in [0.29, 0.717) is 11.6 Å². The second kappa shape index (κ2) is 10.7. The Labute approximate surface area is 220 Å². The number of anilines is 2. The van der Waals surface area contributed by atoms with Gasteiger partial charge in [-0.3, -0.25) is 14.9 Å². The number of hydrogen-bond donors (Lipinski definition) is 1. The van der Waals surface area contributed by atoms with Crippen molar-refractivity contribution in [2.75, 3.05) is 44.7 Å². The summed E-state index contributed by atoms with van der Waals surface area (Å²) >= 11 is 6.22. The standard InChI is InChI=1S/C29H27ClN6O/c30-21-7-9-23(10-8-21)36-28-6-2-1-5-24(28)34-27-18-26(33-22-4-3-11-31-20-22)25(19-29(27)36)32-12-13-35-14-16-37-17-15-35/h1-11,18-20,33H,12-17H2. The zero-order chi connectivity index (χ0) is 25.0. The first-order valence-corrected chi connectivity index (χ1v) is 12.8. The van der Waals surface area contributed by atoms with E-state index in [4.69, 9.17) is 26.3 Å². The molecule has 37 heavy (non-hydrogen) atoms. The summed E-state index contributed by atoms with van der Waals surface area (Å²) in [6.07, 6.45) is 3.57. The average Bonchev–Trinajstić information content (AvgIpc) is 2.94. The van der Waals surface area contributed by atoms with E-state index in [1.54, 1.807) is 6.20 Å². The average molecular weight is 511 g/mol. The normalized spacial score (nSPS) is 14.9. The number of para-hydroxylation sites is 2. The maximum atomic E-state index is 6.22. The summed E-state index contributed by atoms with van der Waals surface area (Å²) < 4.78 is 7.71. The maximum absolute atomic E-state index is 6.22. The van der Waals surface area contributed by atoms with Crippen molar-refractivity contribution in [3.63, 3.8) is 0 Å². The van der Waals surface area contributed by atoms with Crippen molar-refractivity contribution in [2.24, 2.45) is 4.99 Å². The van der Waals surface area contributed by atoms with Crippen LogP contribution in [-0.2, 0) is 4.74 Å². The summed E-state index contributed by atoms with van der Waals surface area (Å²) in [4.78, 5) is 16.7. The Balaban J connectivity index is 1.52. The van der Waals surface area contributed by atoms with Gasteiger partial charge in [0, 0.05) is 36.5 Å². The van der Waals surface area contributed by atoms with Crippen molar-refractivity contribution >= 4 is 34.0 Å². The summed E-state index contributed by atoms with van der Waals surface area (Å²) in [6.45, 7) is 5.03. The Morgan fingerprint density at radius 2 is 1.81 bits per heavy atom. The summed E-state index contributed by atoms with van der Waals surface area (Å²) in [5.74, 6) is 0. The number of hydrogen-bond acceptors (Lipinski definition) is 6. The zero-order valence-corrected chi connectivity index (χ0v) is 21.1. The highest BCUT2D eigenvalue weighted by Crippen LogP contribution is 2.30. The van der Waals surface area contributed by atoms with Crippen molar-refractivity contribution in [1.29, 1.82) is 0 Å². The molecule has 2 aliphatic heterocycles. The van der Waals surface area contributed by atoms with E-state index >= 15 is 0 Å². The predicted molar refractivity (Wildman–Crippen MR) is 148 cm³/mol. The van der Waals surface area contributed by atoms with Crippen molar-refractivity contribution in [3.8, 4) is 17.1 Å². The third-order valence-electron chi connectivity index (χ3n) is 6.52. The van der Waals surface area contributed by atoms with Crippen molar-refractivity contribution < 1.29 is 4.74 Å². The minimum atomic E-state index is 0.690. The lowest BCUT2D eigenvalue weighted by Gasteiger charge is -2.25. The zero-order valence-electron chi connectivity index (χ0n) is 20.3. The molecule has 0 atom stereocenters. The van der Waals surface area contributed by atoms with Gasteiger partial charge in [-0.25, -0.2) is 4.98 Å². The molecule has 1 aliphatic carbocycles. The van der Waals surface area contributed by atoms with Gasteiger partial charge in [-0.1, -0.05) is 23.7 Å². The number of pyridine rings is 1. The molecule has 0 bridgehead atoms. The first-order valence-electron chi connectivity index (χ1n) is 12.4. The van der Waals surface area contributed by atoms with Crippen LogP contribution in [-0.4, -0.2) is 58.8 Å². The quantitative estimate of drug-likeness (QED) is 0.320. The Morgan fingerprint density at radius 3 is 2.62 bits per heavy atom. The van der Waals surface area contributed by atoms with E-state index in [-0.39, 0.29) is 0 Å². The molecule has 0 unspecified atom stereocenters. The molecule has 3 heterocycles. The Hall–Kier alpha value is -3.78. The van der Waals surface area contributed by atoms with Crippen LogP contribution in [0.5, 0.6) is 0 Å². The third-order valence-corrected chi connectivity index (χ3v) is 6.78. The molecule has 1 N–H and O–H groups in total. The number of morpholine rings is 1. The van der Waals surface area contributed by atoms with Crippen LogP contribution in [0.25, 0.3) is 28.1 Å². The van der Waals surface area contributed by atoms with Gasteiger partial charge < -0.3 is 14.6 Å². The van der Waals surface area contributed by atoms with Crippen molar-refractivity contribution in [1.82, 2.24) is 19.4 Å². The highest BCUT2D eigenvalue weighted by Gasteiger charge is 2.17. The molecule has 2 aromatic carbocycles. The van der Waals surface area contributed by atoms with Gasteiger partial charge in [0.2, 0.25) is 0 Å². The van der Waals surface area contributed by atoms with Gasteiger partial charge >= 0.3 is 0 Å². The van der Waals surface area contributed by atoms with Gasteiger partial charge in [0.25, 0.3) is 0 Å². The smallest absolute Gasteiger partial charge is 0.0900 e. The number of ether oxygens (including phenoxy) is 1. The fourth-order valence-electron chi connectivity index (χ4n) is 4.67. The molecule has 0 saturated carbocycles. The van der Waals surface area contributed by atoms with E-state index in [0.717, 1.165) is 77.7 Å². The molecule has 6 rings (SSSR count). The van der Waals surface area contributed by atoms with Crippen LogP contribution in [0, 0.1) is 0 Å². The lowest BCUT2D eigenvalue weighted by Crippen LogP contribution is -2.38. The van der Waals surface area contributed by atoms with E-state index in [9.17, 15) is 0 Å². The molecule has 1 saturated heterocycles. The van der Waals surface area contributed by atoms with Crippen molar-refractivity contribution in [3.05, 3.63) is 95.6 Å². The molecule has 7 nitrogen and oxygen atoms in total. The van der Waals surface area contributed by atoms with Gasteiger partial charge in [0.15, 0.2) is 0 Å². The number of aromatic nitrogens is 3. The van der Waals surface area contributed by atoms with Crippen LogP contribution in [0.2, 0.25) is 5.02 Å². The Morgan fingerprint density at radius 1 is 0.973 bits per heavy atom.